The van der Waals surface area contributed by atoms with Gasteiger partial charge in [0.05, 0.1) is 0 Å². The van der Waals surface area contributed by atoms with E-state index in [4.69, 9.17) is 48.8 Å². The number of aliphatic carboxylic acids is 1. The maximum Gasteiger partial charge on any atom is 0.408 e. The fourth-order valence-electron chi connectivity index (χ4n) is 10.5. The molecular weight excluding hydrogens is 948 g/mol. The van der Waals surface area contributed by atoms with Crippen molar-refractivity contribution in [2.75, 3.05) is 39.3 Å². The first-order valence-corrected chi connectivity index (χ1v) is 26.1. The summed E-state index contributed by atoms with van der Waals surface area (Å²) in [6.45, 7) is 15.1. The summed E-state index contributed by atoms with van der Waals surface area (Å²) in [5, 5.41) is 26.8. The van der Waals surface area contributed by atoms with E-state index in [1.54, 1.807) is 77.9 Å². The molecule has 4 fully saturated rings. The summed E-state index contributed by atoms with van der Waals surface area (Å²) >= 11 is 11.8. The predicted molar refractivity (Wildman–Crippen MR) is 278 cm³/mol. The van der Waals surface area contributed by atoms with Gasteiger partial charge in [0.1, 0.15) is 23.3 Å². The molecular formula is C52H78Cl2N10O7. The van der Waals surface area contributed by atoms with E-state index in [-0.39, 0.29) is 17.7 Å². The highest BCUT2D eigenvalue weighted by Crippen LogP contribution is 2.47. The second-order valence-corrected chi connectivity index (χ2v) is 22.5. The number of carboxylic acids is 1. The smallest absolute Gasteiger partial charge is 0.408 e. The van der Waals surface area contributed by atoms with Gasteiger partial charge in [-0.25, -0.2) is 14.4 Å². The van der Waals surface area contributed by atoms with Gasteiger partial charge in [-0.1, -0.05) is 96.2 Å². The van der Waals surface area contributed by atoms with Crippen LogP contribution in [-0.2, 0) is 31.9 Å². The lowest BCUT2D eigenvalue weighted by Gasteiger charge is -2.48. The molecule has 6 rings (SSSR count). The van der Waals surface area contributed by atoms with Gasteiger partial charge in [0.15, 0.2) is 0 Å². The van der Waals surface area contributed by atoms with Gasteiger partial charge in [-0.2, -0.15) is 0 Å². The van der Waals surface area contributed by atoms with E-state index >= 15 is 0 Å². The highest BCUT2D eigenvalue weighted by atomic mass is 35.5. The fourth-order valence-corrected chi connectivity index (χ4v) is 10.7. The number of carbonyl (C=O) groups excluding carboxylic acids is 3. The van der Waals surface area contributed by atoms with E-state index in [0.717, 1.165) is 62.4 Å². The van der Waals surface area contributed by atoms with E-state index in [1.807, 2.05) is 17.0 Å². The Morgan fingerprint density at radius 1 is 0.676 bits per heavy atom. The average molecular weight is 1030 g/mol. The van der Waals surface area contributed by atoms with Crippen molar-refractivity contribution in [2.45, 2.75) is 168 Å². The second-order valence-electron chi connectivity index (χ2n) is 21.6. The number of ether oxygens (including phenoxy) is 2. The Bertz CT molecular complexity index is 2090. The number of nitrogens with one attached hydrogen (secondary N) is 3. The van der Waals surface area contributed by atoms with Crippen LogP contribution in [0.2, 0.25) is 10.0 Å². The van der Waals surface area contributed by atoms with Crippen LogP contribution in [0, 0.1) is 22.7 Å². The molecule has 17 nitrogen and oxygen atoms in total. The topological polar surface area (TPSA) is 244 Å². The molecule has 2 saturated carbocycles. The Hall–Kier alpha value is -4.92. The van der Waals surface area contributed by atoms with Gasteiger partial charge < -0.3 is 35.4 Å². The van der Waals surface area contributed by atoms with E-state index < -0.39 is 41.4 Å². The van der Waals surface area contributed by atoms with Crippen LogP contribution in [0.3, 0.4) is 0 Å². The molecule has 71 heavy (non-hydrogen) atoms. The van der Waals surface area contributed by atoms with Crippen LogP contribution >= 0.6 is 23.2 Å². The lowest BCUT2D eigenvalue weighted by atomic mass is 9.64. The third kappa shape index (κ3) is 20.3. The molecule has 2 aromatic rings. The van der Waals surface area contributed by atoms with Crippen LogP contribution in [0.1, 0.15) is 143 Å². The number of azide groups is 2. The Kier molecular flexibility index (Phi) is 23.4. The Balaban J connectivity index is 0.000000256. The lowest BCUT2D eigenvalue weighted by Crippen LogP contribution is -2.55. The number of hydrogen-bond acceptors (Lipinski definition) is 9. The largest absolute Gasteiger partial charge is 0.480 e. The van der Waals surface area contributed by atoms with Gasteiger partial charge in [-0.3, -0.25) is 4.79 Å². The van der Waals surface area contributed by atoms with E-state index in [2.05, 4.69) is 36.0 Å². The van der Waals surface area contributed by atoms with Gasteiger partial charge in [-0.05, 0) is 175 Å². The first-order valence-electron chi connectivity index (χ1n) is 25.4. The molecule has 0 aromatic heterocycles. The first kappa shape index (κ1) is 58.6. The second kappa shape index (κ2) is 28.4. The number of alkyl carbamates (subject to hydrolysis) is 2. The number of carbonyl (C=O) groups is 4. The quantitative estimate of drug-likeness (QED) is 0.0803. The molecule has 2 aliphatic heterocycles. The minimum absolute atomic E-state index is 0.0479. The minimum atomic E-state index is -1.12. The zero-order chi connectivity index (χ0) is 52.1. The van der Waals surface area contributed by atoms with Crippen molar-refractivity contribution >= 4 is 47.3 Å². The fraction of sp³-hybridized carbons (Fsp3) is 0.692. The molecule has 3 amide bonds. The van der Waals surface area contributed by atoms with Crippen LogP contribution in [0.25, 0.3) is 20.9 Å². The molecule has 392 valence electrons. The third-order valence-corrected chi connectivity index (χ3v) is 14.7. The summed E-state index contributed by atoms with van der Waals surface area (Å²) in [5.41, 5.74) is 18.1. The molecule has 2 heterocycles. The van der Waals surface area contributed by atoms with Crippen molar-refractivity contribution < 1.29 is 33.8 Å². The van der Waals surface area contributed by atoms with Crippen molar-refractivity contribution in [3.63, 3.8) is 0 Å². The summed E-state index contributed by atoms with van der Waals surface area (Å²) in [6, 6.07) is 12.3. The summed E-state index contributed by atoms with van der Waals surface area (Å²) in [6.07, 6.45) is 16.0. The zero-order valence-corrected chi connectivity index (χ0v) is 44.3. The van der Waals surface area contributed by atoms with Gasteiger partial charge in [0.25, 0.3) is 0 Å². The van der Waals surface area contributed by atoms with Crippen LogP contribution in [0.15, 0.2) is 58.8 Å². The molecule has 2 aliphatic carbocycles. The van der Waals surface area contributed by atoms with Crippen molar-refractivity contribution in [1.29, 1.82) is 0 Å². The third-order valence-electron chi connectivity index (χ3n) is 14.2. The molecule has 19 heteroatoms. The number of likely N-dealkylation sites (tertiary alicyclic amines) is 1. The van der Waals surface area contributed by atoms with Gasteiger partial charge in [-0.15, -0.1) is 0 Å². The molecule has 0 bridgehead atoms. The molecule has 2 atom stereocenters. The van der Waals surface area contributed by atoms with Crippen LogP contribution in [0.4, 0.5) is 9.59 Å². The maximum absolute atomic E-state index is 13.6. The van der Waals surface area contributed by atoms with Crippen molar-refractivity contribution in [1.82, 2.24) is 20.9 Å². The molecule has 4 N–H and O–H groups in total. The molecule has 2 aromatic carbocycles. The van der Waals surface area contributed by atoms with Crippen molar-refractivity contribution in [3.8, 4) is 0 Å². The monoisotopic (exact) mass is 1020 g/mol. The van der Waals surface area contributed by atoms with Gasteiger partial charge >= 0.3 is 18.2 Å². The highest BCUT2D eigenvalue weighted by molar-refractivity contribution is 6.30. The summed E-state index contributed by atoms with van der Waals surface area (Å²) < 4.78 is 10.5. The Morgan fingerprint density at radius 2 is 1.06 bits per heavy atom. The summed E-state index contributed by atoms with van der Waals surface area (Å²) in [7, 11) is 0. The van der Waals surface area contributed by atoms with E-state index in [1.165, 1.54) is 64.2 Å². The zero-order valence-electron chi connectivity index (χ0n) is 42.8. The van der Waals surface area contributed by atoms with E-state index in [0.29, 0.717) is 47.4 Å². The number of carboxylic acid groups (broad SMARTS) is 1. The minimum Gasteiger partial charge on any atom is -0.480 e. The van der Waals surface area contributed by atoms with Crippen molar-refractivity contribution in [2.24, 2.45) is 32.9 Å². The predicted octanol–water partition coefficient (Wildman–Crippen LogP) is 12.4. The molecule has 2 saturated heterocycles. The molecule has 4 aliphatic rings. The maximum atomic E-state index is 13.6. The van der Waals surface area contributed by atoms with Crippen molar-refractivity contribution in [3.05, 3.63) is 90.6 Å². The highest BCUT2D eigenvalue weighted by Gasteiger charge is 2.43. The first-order chi connectivity index (χ1) is 33.7. The van der Waals surface area contributed by atoms with Gasteiger partial charge in [0, 0.05) is 58.9 Å². The number of nitrogens with zero attached hydrogens (tertiary/aromatic N) is 7. The van der Waals surface area contributed by atoms with Crippen LogP contribution < -0.4 is 16.0 Å². The Morgan fingerprint density at radius 3 is 1.44 bits per heavy atom. The number of piperidine rings is 2. The molecule has 0 radical (unpaired) electrons. The number of hydrogen-bond donors (Lipinski definition) is 4. The SMILES string of the molecule is CC(C)(C)OC(=O)N[C@H](Cc1ccc(Cl)cc1)C(=O)N1CCC(CN=[N+]=[N-])(C2CCCCC2)CC1.CC(C)(C)OC(=O)N[C@H](Cc1ccc(Cl)cc1)C(=O)O.[N-]=[N+]=NCC1(C2CCCCC2)CCNCC1. The number of benzene rings is 2. The molecule has 0 spiro atoms. The average Bonchev–Trinajstić information content (AvgIpc) is 3.33. The summed E-state index contributed by atoms with van der Waals surface area (Å²) in [4.78, 5) is 56.8. The summed E-state index contributed by atoms with van der Waals surface area (Å²) in [5.74, 6) is 0.0928. The van der Waals surface area contributed by atoms with Crippen LogP contribution in [0.5, 0.6) is 0 Å². The number of halogens is 2. The number of rotatable bonds is 14. The Labute approximate surface area is 430 Å². The van der Waals surface area contributed by atoms with Gasteiger partial charge in [0.2, 0.25) is 5.91 Å². The lowest BCUT2D eigenvalue weighted by molar-refractivity contribution is -0.139. The standard InChI is InChI=1S/C26H38ClN5O3.C14H18ClNO4.C12H22N4/c1-25(2,3)35-24(34)30-22(17-19-9-11-21(27)12-10-19)23(33)32-15-13-26(14-16-32,18-29-31-28)20-7-5-4-6-8-20;1-14(2,3)20-13(19)16-11(12(17)18)8-9-4-6-10(15)7-5-9;13-16-15-10-12(6-8-14-9-7-12)11-4-2-1-3-5-11/h9-12,20,22H,4-8,13-18H2,1-3H3,(H,30,34);4-7,11H,8H2,1-3H3,(H,16,19)(H,17,18);11,14H,1-10H2/t22-;11-;/m11./s1. The normalized spacial score (nSPS) is 19.0. The van der Waals surface area contributed by atoms with E-state index in [9.17, 15) is 19.2 Å². The number of amides is 3. The van der Waals surface area contributed by atoms with Crippen LogP contribution in [-0.4, -0.2) is 96.6 Å². The molecule has 0 unspecified atom stereocenters.